The summed E-state index contributed by atoms with van der Waals surface area (Å²) in [6.07, 6.45) is 2.82. The van der Waals surface area contributed by atoms with Crippen LogP contribution in [0.15, 0.2) is 53.4 Å². The zero-order valence-electron chi connectivity index (χ0n) is 17.1. The largest absolute Gasteiger partial charge is 0.490 e. The summed E-state index contributed by atoms with van der Waals surface area (Å²) in [5.74, 6) is 1.05. The SMILES string of the molecule is CCOc1ccccc1OCCCC(=O)N(C)CC(=O)Nc1ccccc1SC. The molecular weight excluding hydrogens is 388 g/mol. The zero-order valence-corrected chi connectivity index (χ0v) is 18.0. The van der Waals surface area contributed by atoms with Gasteiger partial charge in [-0.3, -0.25) is 9.59 Å². The molecule has 0 spiro atoms. The van der Waals surface area contributed by atoms with Crippen LogP contribution in [0.25, 0.3) is 0 Å². The first-order valence-electron chi connectivity index (χ1n) is 9.56. The van der Waals surface area contributed by atoms with Crippen LogP contribution in [0.3, 0.4) is 0 Å². The van der Waals surface area contributed by atoms with Gasteiger partial charge < -0.3 is 19.7 Å². The standard InChI is InChI=1S/C22H28N2O4S/c1-4-27-18-11-6-7-12-19(18)28-15-9-14-22(26)24(2)16-21(25)23-17-10-5-8-13-20(17)29-3/h5-8,10-13H,4,9,14-16H2,1-3H3,(H,23,25). The third kappa shape index (κ3) is 7.34. The van der Waals surface area contributed by atoms with Crippen LogP contribution in [0.4, 0.5) is 5.69 Å². The fraction of sp³-hybridized carbons (Fsp3) is 0.364. The summed E-state index contributed by atoms with van der Waals surface area (Å²) >= 11 is 1.56. The molecule has 156 valence electrons. The highest BCUT2D eigenvalue weighted by Gasteiger charge is 2.14. The summed E-state index contributed by atoms with van der Waals surface area (Å²) in [5, 5.41) is 2.86. The number of thioether (sulfide) groups is 1. The van der Waals surface area contributed by atoms with E-state index in [2.05, 4.69) is 5.32 Å². The minimum atomic E-state index is -0.218. The molecule has 0 fully saturated rings. The van der Waals surface area contributed by atoms with Gasteiger partial charge in [-0.15, -0.1) is 11.8 Å². The molecule has 0 saturated carbocycles. The molecule has 0 heterocycles. The van der Waals surface area contributed by atoms with Crippen LogP contribution in [0, 0.1) is 0 Å². The predicted octanol–water partition coefficient (Wildman–Crippen LogP) is 4.06. The summed E-state index contributed by atoms with van der Waals surface area (Å²) < 4.78 is 11.2. The summed E-state index contributed by atoms with van der Waals surface area (Å²) in [5.41, 5.74) is 0.757. The number of amides is 2. The van der Waals surface area contributed by atoms with Gasteiger partial charge in [-0.25, -0.2) is 0 Å². The number of hydrogen-bond acceptors (Lipinski definition) is 5. The molecule has 0 aliphatic heterocycles. The third-order valence-electron chi connectivity index (χ3n) is 4.13. The van der Waals surface area contributed by atoms with E-state index in [-0.39, 0.29) is 18.4 Å². The molecule has 0 aliphatic rings. The van der Waals surface area contributed by atoms with Crippen LogP contribution < -0.4 is 14.8 Å². The maximum Gasteiger partial charge on any atom is 0.244 e. The first-order valence-corrected chi connectivity index (χ1v) is 10.8. The minimum absolute atomic E-state index is 0.00950. The van der Waals surface area contributed by atoms with Gasteiger partial charge in [0.25, 0.3) is 0 Å². The van der Waals surface area contributed by atoms with Gasteiger partial charge in [0.05, 0.1) is 25.4 Å². The Hall–Kier alpha value is -2.67. The lowest BCUT2D eigenvalue weighted by Gasteiger charge is -2.18. The lowest BCUT2D eigenvalue weighted by molar-refractivity contribution is -0.133. The average Bonchev–Trinajstić information content (AvgIpc) is 2.72. The quantitative estimate of drug-likeness (QED) is 0.442. The van der Waals surface area contributed by atoms with Crippen molar-refractivity contribution in [1.82, 2.24) is 4.90 Å². The first kappa shape index (κ1) is 22.6. The van der Waals surface area contributed by atoms with Crippen LogP contribution in [0.5, 0.6) is 11.5 Å². The van der Waals surface area contributed by atoms with Crippen molar-refractivity contribution >= 4 is 29.3 Å². The Morgan fingerprint density at radius 2 is 1.69 bits per heavy atom. The van der Waals surface area contributed by atoms with E-state index in [0.717, 1.165) is 10.6 Å². The molecule has 6 nitrogen and oxygen atoms in total. The maximum atomic E-state index is 12.3. The second-order valence-electron chi connectivity index (χ2n) is 6.33. The maximum absolute atomic E-state index is 12.3. The van der Waals surface area contributed by atoms with Gasteiger partial charge in [0.15, 0.2) is 11.5 Å². The molecule has 0 radical (unpaired) electrons. The Morgan fingerprint density at radius 1 is 1.03 bits per heavy atom. The van der Waals surface area contributed by atoms with E-state index < -0.39 is 0 Å². The molecule has 29 heavy (non-hydrogen) atoms. The second kappa shape index (κ2) is 12.0. The normalized spacial score (nSPS) is 10.3. The molecule has 2 rings (SSSR count). The zero-order chi connectivity index (χ0) is 21.1. The molecule has 7 heteroatoms. The van der Waals surface area contributed by atoms with E-state index in [4.69, 9.17) is 9.47 Å². The first-order chi connectivity index (χ1) is 14.0. The van der Waals surface area contributed by atoms with Crippen molar-refractivity contribution < 1.29 is 19.1 Å². The minimum Gasteiger partial charge on any atom is -0.490 e. The summed E-state index contributed by atoms with van der Waals surface area (Å²) in [7, 11) is 1.63. The van der Waals surface area contributed by atoms with Crippen LogP contribution in [-0.4, -0.2) is 49.8 Å². The molecule has 2 aromatic rings. The van der Waals surface area contributed by atoms with E-state index in [1.54, 1.807) is 18.8 Å². The lowest BCUT2D eigenvalue weighted by Crippen LogP contribution is -2.35. The Bertz CT molecular complexity index is 813. The number of carbonyl (C=O) groups excluding carboxylic acids is 2. The van der Waals surface area contributed by atoms with Gasteiger partial charge in [-0.2, -0.15) is 0 Å². The fourth-order valence-electron chi connectivity index (χ4n) is 2.68. The molecule has 0 bridgehead atoms. The van der Waals surface area contributed by atoms with Gasteiger partial charge in [-0.1, -0.05) is 24.3 Å². The predicted molar refractivity (Wildman–Crippen MR) is 117 cm³/mol. The number of rotatable bonds is 11. The highest BCUT2D eigenvalue weighted by Crippen LogP contribution is 2.26. The molecule has 0 atom stereocenters. The van der Waals surface area contributed by atoms with E-state index in [9.17, 15) is 9.59 Å². The summed E-state index contributed by atoms with van der Waals surface area (Å²) in [4.78, 5) is 27.0. The number of para-hydroxylation sites is 3. The number of carbonyl (C=O) groups is 2. The van der Waals surface area contributed by atoms with Gasteiger partial charge in [-0.05, 0) is 43.9 Å². The van der Waals surface area contributed by atoms with E-state index in [1.165, 1.54) is 4.90 Å². The van der Waals surface area contributed by atoms with E-state index in [0.29, 0.717) is 37.6 Å². The third-order valence-corrected chi connectivity index (χ3v) is 4.92. The number of ether oxygens (including phenoxy) is 2. The molecule has 0 unspecified atom stereocenters. The molecule has 0 aromatic heterocycles. The van der Waals surface area contributed by atoms with Gasteiger partial charge in [0, 0.05) is 18.4 Å². The smallest absolute Gasteiger partial charge is 0.244 e. The number of likely N-dealkylation sites (N-methyl/N-ethyl adjacent to an activating group) is 1. The van der Waals surface area contributed by atoms with E-state index in [1.807, 2.05) is 61.7 Å². The Labute approximate surface area is 176 Å². The molecular formula is C22H28N2O4S. The van der Waals surface area contributed by atoms with Crippen molar-refractivity contribution in [3.8, 4) is 11.5 Å². The number of benzene rings is 2. The number of nitrogens with one attached hydrogen (secondary N) is 1. The molecule has 2 aromatic carbocycles. The lowest BCUT2D eigenvalue weighted by atomic mass is 10.2. The van der Waals surface area contributed by atoms with Crippen LogP contribution >= 0.6 is 11.8 Å². The Kier molecular flexibility index (Phi) is 9.37. The Balaban J connectivity index is 1.74. The van der Waals surface area contributed by atoms with Gasteiger partial charge in [0.1, 0.15) is 0 Å². The van der Waals surface area contributed by atoms with Crippen molar-refractivity contribution in [3.05, 3.63) is 48.5 Å². The molecule has 2 amide bonds. The monoisotopic (exact) mass is 416 g/mol. The molecule has 1 N–H and O–H groups in total. The van der Waals surface area contributed by atoms with E-state index >= 15 is 0 Å². The van der Waals surface area contributed by atoms with Crippen LogP contribution in [-0.2, 0) is 9.59 Å². The highest BCUT2D eigenvalue weighted by molar-refractivity contribution is 7.98. The van der Waals surface area contributed by atoms with Crippen LogP contribution in [0.2, 0.25) is 0 Å². The number of anilines is 1. The fourth-order valence-corrected chi connectivity index (χ4v) is 3.24. The van der Waals surface area contributed by atoms with Crippen molar-refractivity contribution in [1.29, 1.82) is 0 Å². The van der Waals surface area contributed by atoms with Crippen molar-refractivity contribution in [2.24, 2.45) is 0 Å². The topological polar surface area (TPSA) is 67.9 Å². The van der Waals surface area contributed by atoms with Gasteiger partial charge >= 0.3 is 0 Å². The summed E-state index contributed by atoms with van der Waals surface area (Å²) in [6.45, 7) is 2.89. The average molecular weight is 417 g/mol. The summed E-state index contributed by atoms with van der Waals surface area (Å²) in [6, 6.07) is 15.0. The van der Waals surface area contributed by atoms with Crippen LogP contribution in [0.1, 0.15) is 19.8 Å². The van der Waals surface area contributed by atoms with Crippen molar-refractivity contribution in [2.45, 2.75) is 24.7 Å². The van der Waals surface area contributed by atoms with Crippen molar-refractivity contribution in [3.63, 3.8) is 0 Å². The Morgan fingerprint density at radius 3 is 2.38 bits per heavy atom. The highest BCUT2D eigenvalue weighted by atomic mass is 32.2. The number of hydrogen-bond donors (Lipinski definition) is 1. The number of nitrogens with zero attached hydrogens (tertiary/aromatic N) is 1. The molecule has 0 aliphatic carbocycles. The van der Waals surface area contributed by atoms with Crippen molar-refractivity contribution in [2.75, 3.05) is 38.4 Å². The van der Waals surface area contributed by atoms with Gasteiger partial charge in [0.2, 0.25) is 11.8 Å². The molecule has 0 saturated heterocycles. The second-order valence-corrected chi connectivity index (χ2v) is 7.18.